The zero-order valence-corrected chi connectivity index (χ0v) is 17.2. The minimum atomic E-state index is 0.145. The van der Waals surface area contributed by atoms with Gasteiger partial charge < -0.3 is 9.80 Å². The van der Waals surface area contributed by atoms with Crippen molar-refractivity contribution in [2.45, 2.75) is 32.6 Å². The minimum absolute atomic E-state index is 0.145. The lowest BCUT2D eigenvalue weighted by molar-refractivity contribution is 0.0748. The van der Waals surface area contributed by atoms with Crippen molar-refractivity contribution >= 4 is 22.5 Å². The average Bonchev–Trinajstić information content (AvgIpc) is 3.60. The van der Waals surface area contributed by atoms with Crippen molar-refractivity contribution < 1.29 is 4.79 Å². The van der Waals surface area contributed by atoms with Gasteiger partial charge in [-0.2, -0.15) is 0 Å². The molecule has 29 heavy (non-hydrogen) atoms. The van der Waals surface area contributed by atoms with Crippen LogP contribution >= 0.6 is 0 Å². The van der Waals surface area contributed by atoms with Gasteiger partial charge in [0, 0.05) is 48.9 Å². The molecule has 1 aliphatic heterocycles. The van der Waals surface area contributed by atoms with Crippen LogP contribution in [-0.2, 0) is 0 Å². The highest BCUT2D eigenvalue weighted by molar-refractivity contribution is 6.06. The lowest BCUT2D eigenvalue weighted by Gasteiger charge is -2.37. The summed E-state index contributed by atoms with van der Waals surface area (Å²) in [5.74, 6) is 0.679. The molecule has 4 nitrogen and oxygen atoms in total. The third-order valence-electron chi connectivity index (χ3n) is 6.45. The Labute approximate surface area is 172 Å². The summed E-state index contributed by atoms with van der Waals surface area (Å²) in [6.45, 7) is 7.58. The van der Waals surface area contributed by atoms with Crippen LogP contribution in [0.3, 0.4) is 0 Å². The highest BCUT2D eigenvalue weighted by atomic mass is 16.2. The maximum absolute atomic E-state index is 13.5. The largest absolute Gasteiger partial charge is 0.368 e. The lowest BCUT2D eigenvalue weighted by Crippen LogP contribution is -2.49. The van der Waals surface area contributed by atoms with E-state index in [4.69, 9.17) is 4.98 Å². The fourth-order valence-electron chi connectivity index (χ4n) is 4.36. The second-order valence-electron chi connectivity index (χ2n) is 8.38. The maximum atomic E-state index is 13.5. The van der Waals surface area contributed by atoms with Crippen molar-refractivity contribution in [1.29, 1.82) is 0 Å². The lowest BCUT2D eigenvalue weighted by atomic mass is 10.0. The van der Waals surface area contributed by atoms with Gasteiger partial charge in [0.15, 0.2) is 0 Å². The average molecular weight is 386 g/mol. The number of carbonyl (C=O) groups is 1. The Morgan fingerprint density at radius 2 is 1.72 bits per heavy atom. The summed E-state index contributed by atoms with van der Waals surface area (Å²) >= 11 is 0. The van der Waals surface area contributed by atoms with Crippen molar-refractivity contribution in [3.63, 3.8) is 0 Å². The number of fused-ring (bicyclic) bond motifs is 1. The van der Waals surface area contributed by atoms with Gasteiger partial charge in [0.2, 0.25) is 0 Å². The molecule has 2 heterocycles. The quantitative estimate of drug-likeness (QED) is 0.656. The number of piperazine rings is 1. The van der Waals surface area contributed by atoms with E-state index in [1.165, 1.54) is 29.7 Å². The van der Waals surface area contributed by atoms with Crippen LogP contribution in [0.25, 0.3) is 10.9 Å². The second kappa shape index (κ2) is 7.18. The van der Waals surface area contributed by atoms with E-state index in [0.29, 0.717) is 5.92 Å². The summed E-state index contributed by atoms with van der Waals surface area (Å²) in [6, 6.07) is 16.6. The number of benzene rings is 2. The Balaban J connectivity index is 1.39. The van der Waals surface area contributed by atoms with Crippen LogP contribution in [0.5, 0.6) is 0 Å². The molecule has 4 heteroatoms. The van der Waals surface area contributed by atoms with Crippen LogP contribution in [0.4, 0.5) is 5.69 Å². The number of hydrogen-bond donors (Lipinski definition) is 0. The summed E-state index contributed by atoms with van der Waals surface area (Å²) in [7, 11) is 0. The molecule has 0 atom stereocenters. The Morgan fingerprint density at radius 3 is 2.48 bits per heavy atom. The molecule has 0 spiro atoms. The van der Waals surface area contributed by atoms with Gasteiger partial charge >= 0.3 is 0 Å². The van der Waals surface area contributed by atoms with E-state index in [2.05, 4.69) is 43.0 Å². The van der Waals surface area contributed by atoms with E-state index in [1.807, 2.05) is 29.2 Å². The van der Waals surface area contributed by atoms with E-state index < -0.39 is 0 Å². The predicted molar refractivity (Wildman–Crippen MR) is 118 cm³/mol. The first kappa shape index (κ1) is 18.2. The summed E-state index contributed by atoms with van der Waals surface area (Å²) in [6.07, 6.45) is 2.38. The molecule has 2 aromatic carbocycles. The molecule has 1 saturated carbocycles. The normalized spacial score (nSPS) is 17.0. The van der Waals surface area contributed by atoms with E-state index >= 15 is 0 Å². The number of amides is 1. The zero-order valence-electron chi connectivity index (χ0n) is 17.2. The number of carbonyl (C=O) groups excluding carboxylic acids is 1. The van der Waals surface area contributed by atoms with Crippen LogP contribution in [0.1, 0.15) is 45.9 Å². The first-order valence-corrected chi connectivity index (χ1v) is 10.6. The zero-order chi connectivity index (χ0) is 20.0. The van der Waals surface area contributed by atoms with Crippen molar-refractivity contribution in [2.24, 2.45) is 0 Å². The molecule has 1 aliphatic carbocycles. The smallest absolute Gasteiger partial charge is 0.254 e. The molecule has 1 saturated heterocycles. The Morgan fingerprint density at radius 1 is 0.966 bits per heavy atom. The Hall–Kier alpha value is -2.88. The Bertz CT molecular complexity index is 1080. The van der Waals surface area contributed by atoms with Gasteiger partial charge in [-0.05, 0) is 56.0 Å². The van der Waals surface area contributed by atoms with Crippen LogP contribution in [0.2, 0.25) is 0 Å². The summed E-state index contributed by atoms with van der Waals surface area (Å²) < 4.78 is 0. The first-order valence-electron chi connectivity index (χ1n) is 10.6. The van der Waals surface area contributed by atoms with Crippen LogP contribution in [-0.4, -0.2) is 42.0 Å². The number of aryl methyl sites for hydroxylation is 1. The van der Waals surface area contributed by atoms with Gasteiger partial charge in [-0.25, -0.2) is 0 Å². The molecule has 2 aliphatic rings. The van der Waals surface area contributed by atoms with Gasteiger partial charge in [0.05, 0.1) is 11.1 Å². The number of rotatable bonds is 3. The van der Waals surface area contributed by atoms with E-state index in [-0.39, 0.29) is 5.91 Å². The van der Waals surface area contributed by atoms with Gasteiger partial charge in [0.25, 0.3) is 5.91 Å². The monoisotopic (exact) mass is 385 g/mol. The van der Waals surface area contributed by atoms with E-state index in [1.54, 1.807) is 0 Å². The molecule has 2 fully saturated rings. The van der Waals surface area contributed by atoms with Crippen molar-refractivity contribution in [1.82, 2.24) is 9.88 Å². The second-order valence-corrected chi connectivity index (χ2v) is 8.38. The van der Waals surface area contributed by atoms with Crippen molar-refractivity contribution in [2.75, 3.05) is 31.1 Å². The summed E-state index contributed by atoms with van der Waals surface area (Å²) in [4.78, 5) is 22.7. The maximum Gasteiger partial charge on any atom is 0.254 e. The summed E-state index contributed by atoms with van der Waals surface area (Å²) in [5, 5.41) is 0.971. The Kier molecular flexibility index (Phi) is 4.50. The summed E-state index contributed by atoms with van der Waals surface area (Å²) in [5.41, 5.74) is 6.79. The van der Waals surface area contributed by atoms with Crippen LogP contribution in [0.15, 0.2) is 48.5 Å². The molecule has 3 aromatic rings. The van der Waals surface area contributed by atoms with Crippen LogP contribution in [0, 0.1) is 13.8 Å². The standard InChI is InChI=1S/C25H27N3O/c1-17-6-5-9-24(18(17)2)27-12-14-28(15-13-27)25(29)21-16-23(19-10-11-19)26-22-8-4-3-7-20(21)22/h3-9,16,19H,10-15H2,1-2H3. The topological polar surface area (TPSA) is 36.4 Å². The molecule has 1 amide bonds. The van der Waals surface area contributed by atoms with Gasteiger partial charge in [0.1, 0.15) is 0 Å². The number of pyridine rings is 1. The van der Waals surface area contributed by atoms with Gasteiger partial charge in [-0.3, -0.25) is 9.78 Å². The van der Waals surface area contributed by atoms with Crippen molar-refractivity contribution in [3.8, 4) is 0 Å². The SMILES string of the molecule is Cc1cccc(N2CCN(C(=O)c3cc(C4CC4)nc4ccccc34)CC2)c1C. The van der Waals surface area contributed by atoms with E-state index in [0.717, 1.165) is 48.3 Å². The number of aromatic nitrogens is 1. The number of para-hydroxylation sites is 1. The van der Waals surface area contributed by atoms with Gasteiger partial charge in [-0.15, -0.1) is 0 Å². The van der Waals surface area contributed by atoms with Crippen LogP contribution < -0.4 is 4.90 Å². The molecule has 0 radical (unpaired) electrons. The highest BCUT2D eigenvalue weighted by Crippen LogP contribution is 2.40. The molecule has 0 bridgehead atoms. The fraction of sp³-hybridized carbons (Fsp3) is 0.360. The number of nitrogens with zero attached hydrogens (tertiary/aromatic N) is 3. The minimum Gasteiger partial charge on any atom is -0.368 e. The van der Waals surface area contributed by atoms with Gasteiger partial charge in [-0.1, -0.05) is 30.3 Å². The molecular formula is C25H27N3O. The molecule has 0 N–H and O–H groups in total. The third-order valence-corrected chi connectivity index (χ3v) is 6.45. The van der Waals surface area contributed by atoms with Crippen molar-refractivity contribution in [3.05, 3.63) is 70.9 Å². The fourth-order valence-corrected chi connectivity index (χ4v) is 4.36. The number of anilines is 1. The molecule has 5 rings (SSSR count). The molecule has 148 valence electrons. The molecule has 0 unspecified atom stereocenters. The first-order chi connectivity index (χ1) is 14.1. The predicted octanol–water partition coefficient (Wildman–Crippen LogP) is 4.69. The highest BCUT2D eigenvalue weighted by Gasteiger charge is 2.29. The van der Waals surface area contributed by atoms with E-state index in [9.17, 15) is 4.79 Å². The third kappa shape index (κ3) is 3.37. The molecule has 1 aromatic heterocycles. The molecular weight excluding hydrogens is 358 g/mol. The number of hydrogen-bond acceptors (Lipinski definition) is 3.